The number of amides is 2. The van der Waals surface area contributed by atoms with Crippen LogP contribution in [0.15, 0.2) is 18.2 Å². The third-order valence-corrected chi connectivity index (χ3v) is 5.98. The summed E-state index contributed by atoms with van der Waals surface area (Å²) < 4.78 is 33.0. The zero-order valence-corrected chi connectivity index (χ0v) is 16.3. The molecule has 0 aromatic heterocycles. The van der Waals surface area contributed by atoms with E-state index >= 15 is 0 Å². The highest BCUT2D eigenvalue weighted by Gasteiger charge is 2.43. The van der Waals surface area contributed by atoms with Crippen LogP contribution < -0.4 is 0 Å². The molecular weight excluding hydrogens is 374 g/mol. The number of ether oxygens (including phenoxy) is 1. The number of carbonyl (C=O) groups excluding carboxylic acids is 2. The van der Waals surface area contributed by atoms with Gasteiger partial charge in [-0.05, 0) is 18.4 Å². The summed E-state index contributed by atoms with van der Waals surface area (Å²) in [5.41, 5.74) is 0.232. The first-order valence-electron chi connectivity index (χ1n) is 9.12. The predicted molar refractivity (Wildman–Crippen MR) is 99.0 cm³/mol. The fourth-order valence-electron chi connectivity index (χ4n) is 3.49. The summed E-state index contributed by atoms with van der Waals surface area (Å²) in [6.45, 7) is 5.88. The second-order valence-corrected chi connectivity index (χ2v) is 8.28. The smallest absolute Gasteiger partial charge is 0.245 e. The van der Waals surface area contributed by atoms with Crippen molar-refractivity contribution in [3.63, 3.8) is 0 Å². The van der Waals surface area contributed by atoms with Crippen LogP contribution in [-0.2, 0) is 14.3 Å². The van der Waals surface area contributed by atoms with Crippen LogP contribution in [0.3, 0.4) is 0 Å². The predicted octanol–water partition coefficient (Wildman–Crippen LogP) is 2.81. The van der Waals surface area contributed by atoms with Crippen molar-refractivity contribution in [1.82, 2.24) is 9.80 Å². The molecule has 2 heterocycles. The number of carbonyl (C=O) groups is 2. The number of hydrogen-bond donors (Lipinski definition) is 0. The summed E-state index contributed by atoms with van der Waals surface area (Å²) in [4.78, 5) is 29.1. The number of rotatable bonds is 5. The summed E-state index contributed by atoms with van der Waals surface area (Å²) in [5.74, 6) is -1.34. The molecule has 0 aliphatic carbocycles. The Morgan fingerprint density at radius 1 is 1.30 bits per heavy atom. The van der Waals surface area contributed by atoms with E-state index in [0.717, 1.165) is 6.07 Å². The van der Waals surface area contributed by atoms with E-state index < -0.39 is 23.1 Å². The van der Waals surface area contributed by atoms with Crippen molar-refractivity contribution in [3.05, 3.63) is 35.4 Å². The summed E-state index contributed by atoms with van der Waals surface area (Å²) >= 11 is 1.27. The number of hydrogen-bond acceptors (Lipinski definition) is 4. The highest BCUT2D eigenvalue weighted by Crippen LogP contribution is 2.42. The zero-order chi connectivity index (χ0) is 19.6. The van der Waals surface area contributed by atoms with Gasteiger partial charge in [0.2, 0.25) is 11.8 Å². The summed E-state index contributed by atoms with van der Waals surface area (Å²) in [6.07, 6.45) is 0.488. The highest BCUT2D eigenvalue weighted by molar-refractivity contribution is 8.00. The Morgan fingerprint density at radius 2 is 2.00 bits per heavy atom. The van der Waals surface area contributed by atoms with Gasteiger partial charge in [-0.1, -0.05) is 19.9 Å². The molecule has 2 aliphatic rings. The van der Waals surface area contributed by atoms with Crippen molar-refractivity contribution in [2.45, 2.75) is 31.7 Å². The topological polar surface area (TPSA) is 49.9 Å². The SMILES string of the molecule is CC(C)C[C@@H](C(=O)N1CCOCC1)N1C(=O)CS[C@H]1c1ccc(F)cc1F. The van der Waals surface area contributed by atoms with Crippen molar-refractivity contribution in [2.24, 2.45) is 5.92 Å². The fraction of sp³-hybridized carbons (Fsp3) is 0.579. The first-order chi connectivity index (χ1) is 12.9. The lowest BCUT2D eigenvalue weighted by molar-refractivity contribution is -0.148. The van der Waals surface area contributed by atoms with Gasteiger partial charge in [-0.25, -0.2) is 8.78 Å². The summed E-state index contributed by atoms with van der Waals surface area (Å²) in [6, 6.07) is 2.69. The Labute approximate surface area is 162 Å². The van der Waals surface area contributed by atoms with Gasteiger partial charge in [0.25, 0.3) is 0 Å². The van der Waals surface area contributed by atoms with E-state index in [-0.39, 0.29) is 29.0 Å². The molecule has 2 atom stereocenters. The molecule has 2 aliphatic heterocycles. The first-order valence-corrected chi connectivity index (χ1v) is 10.2. The van der Waals surface area contributed by atoms with Gasteiger partial charge in [-0.15, -0.1) is 11.8 Å². The maximum atomic E-state index is 14.4. The second-order valence-electron chi connectivity index (χ2n) is 7.21. The Bertz CT molecular complexity index is 710. The van der Waals surface area contributed by atoms with Gasteiger partial charge < -0.3 is 14.5 Å². The standard InChI is InChI=1S/C19H24F2N2O3S/c1-12(2)9-16(18(25)22-5-7-26-8-6-22)23-17(24)11-27-19(23)14-4-3-13(20)10-15(14)21/h3-4,10,12,16,19H,5-9,11H2,1-2H3/t16-,19-/m0/s1. The number of thioether (sulfide) groups is 1. The van der Waals surface area contributed by atoms with E-state index in [1.807, 2.05) is 13.8 Å². The molecule has 148 valence electrons. The van der Waals surface area contributed by atoms with Crippen molar-refractivity contribution in [2.75, 3.05) is 32.1 Å². The van der Waals surface area contributed by atoms with E-state index in [1.54, 1.807) is 4.90 Å². The summed E-state index contributed by atoms with van der Waals surface area (Å²) in [5, 5.41) is -0.633. The van der Waals surface area contributed by atoms with Crippen molar-refractivity contribution < 1.29 is 23.1 Å². The Hall–Kier alpha value is -1.67. The van der Waals surface area contributed by atoms with Crippen LogP contribution in [0.2, 0.25) is 0 Å². The minimum absolute atomic E-state index is 0.129. The largest absolute Gasteiger partial charge is 0.378 e. The quantitative estimate of drug-likeness (QED) is 0.765. The van der Waals surface area contributed by atoms with Crippen molar-refractivity contribution in [3.8, 4) is 0 Å². The fourth-order valence-corrected chi connectivity index (χ4v) is 4.73. The van der Waals surface area contributed by atoms with Crippen LogP contribution in [0, 0.1) is 17.6 Å². The van der Waals surface area contributed by atoms with Gasteiger partial charge in [0.1, 0.15) is 23.1 Å². The van der Waals surface area contributed by atoms with Crippen LogP contribution in [0.4, 0.5) is 8.78 Å². The normalized spacial score (nSPS) is 21.8. The molecule has 0 bridgehead atoms. The molecule has 27 heavy (non-hydrogen) atoms. The lowest BCUT2D eigenvalue weighted by Crippen LogP contribution is -2.53. The highest BCUT2D eigenvalue weighted by atomic mass is 32.2. The van der Waals surface area contributed by atoms with Gasteiger partial charge in [0.05, 0.1) is 19.0 Å². The van der Waals surface area contributed by atoms with Gasteiger partial charge in [0, 0.05) is 24.7 Å². The van der Waals surface area contributed by atoms with Crippen LogP contribution >= 0.6 is 11.8 Å². The van der Waals surface area contributed by atoms with Gasteiger partial charge >= 0.3 is 0 Å². The molecule has 2 amide bonds. The van der Waals surface area contributed by atoms with Gasteiger partial charge in [0.15, 0.2) is 0 Å². The third kappa shape index (κ3) is 4.43. The van der Waals surface area contributed by atoms with Crippen molar-refractivity contribution >= 4 is 23.6 Å². The molecule has 3 rings (SSSR count). The van der Waals surface area contributed by atoms with Gasteiger partial charge in [-0.2, -0.15) is 0 Å². The van der Waals surface area contributed by atoms with E-state index in [0.29, 0.717) is 32.7 Å². The van der Waals surface area contributed by atoms with Crippen LogP contribution in [0.25, 0.3) is 0 Å². The van der Waals surface area contributed by atoms with E-state index in [1.165, 1.54) is 28.8 Å². The third-order valence-electron chi connectivity index (χ3n) is 4.77. The molecule has 2 fully saturated rings. The average Bonchev–Trinajstić information content (AvgIpc) is 3.01. The zero-order valence-electron chi connectivity index (χ0n) is 15.5. The number of benzene rings is 1. The van der Waals surface area contributed by atoms with E-state index in [4.69, 9.17) is 4.74 Å². The molecule has 1 aromatic carbocycles. The van der Waals surface area contributed by atoms with Gasteiger partial charge in [-0.3, -0.25) is 9.59 Å². The molecular formula is C19H24F2N2O3S. The number of morpholine rings is 1. The molecule has 1 aromatic rings. The minimum Gasteiger partial charge on any atom is -0.378 e. The molecule has 0 unspecified atom stereocenters. The molecule has 0 radical (unpaired) electrons. The molecule has 0 N–H and O–H groups in total. The van der Waals surface area contributed by atoms with Crippen molar-refractivity contribution in [1.29, 1.82) is 0 Å². The Morgan fingerprint density at radius 3 is 2.63 bits per heavy atom. The summed E-state index contributed by atoms with van der Waals surface area (Å²) in [7, 11) is 0. The van der Waals surface area contributed by atoms with Crippen LogP contribution in [0.1, 0.15) is 31.2 Å². The molecule has 5 nitrogen and oxygen atoms in total. The molecule has 0 saturated carbocycles. The average molecular weight is 398 g/mol. The second kappa shape index (κ2) is 8.56. The van der Waals surface area contributed by atoms with Crippen LogP contribution in [0.5, 0.6) is 0 Å². The van der Waals surface area contributed by atoms with Crippen LogP contribution in [-0.4, -0.2) is 59.7 Å². The maximum absolute atomic E-state index is 14.4. The number of nitrogens with zero attached hydrogens (tertiary/aromatic N) is 2. The lowest BCUT2D eigenvalue weighted by Gasteiger charge is -2.37. The first kappa shape index (κ1) is 20.1. The molecule has 8 heteroatoms. The van der Waals surface area contributed by atoms with E-state index in [9.17, 15) is 18.4 Å². The maximum Gasteiger partial charge on any atom is 0.245 e. The minimum atomic E-state index is -0.700. The Balaban J connectivity index is 1.92. The molecule has 0 spiro atoms. The Kier molecular flexibility index (Phi) is 6.37. The lowest BCUT2D eigenvalue weighted by atomic mass is 9.99. The monoisotopic (exact) mass is 398 g/mol. The molecule has 2 saturated heterocycles. The number of halogens is 2. The van der Waals surface area contributed by atoms with E-state index in [2.05, 4.69) is 0 Å².